The fourth-order valence-electron chi connectivity index (χ4n) is 4.51. The molecule has 0 aliphatic carbocycles. The van der Waals surface area contributed by atoms with Gasteiger partial charge in [-0.1, -0.05) is 12.1 Å². The first-order chi connectivity index (χ1) is 15.0. The van der Waals surface area contributed by atoms with Crippen LogP contribution in [0.1, 0.15) is 29.5 Å². The molecular formula is C23H26BN3O4. The predicted octanol–water partition coefficient (Wildman–Crippen LogP) is 1.47. The molecule has 1 amide bonds. The van der Waals surface area contributed by atoms with E-state index in [0.29, 0.717) is 17.6 Å². The lowest BCUT2D eigenvalue weighted by Crippen LogP contribution is -2.34. The van der Waals surface area contributed by atoms with E-state index in [4.69, 9.17) is 10.0 Å². The van der Waals surface area contributed by atoms with Crippen LogP contribution in [0.25, 0.3) is 10.9 Å². The Kier molecular flexibility index (Phi) is 6.11. The molecule has 2 aromatic carbocycles. The van der Waals surface area contributed by atoms with Crippen molar-refractivity contribution in [1.29, 1.82) is 0 Å². The van der Waals surface area contributed by atoms with Gasteiger partial charge < -0.3 is 25.2 Å². The Morgan fingerprint density at radius 3 is 2.65 bits per heavy atom. The molecule has 0 spiro atoms. The van der Waals surface area contributed by atoms with Crippen LogP contribution < -0.4 is 21.2 Å². The molecule has 8 heteroatoms. The first-order valence-corrected chi connectivity index (χ1v) is 10.6. The van der Waals surface area contributed by atoms with E-state index in [-0.39, 0.29) is 5.56 Å². The number of carbonyl (C=O) groups excluding carboxylic acids is 1. The summed E-state index contributed by atoms with van der Waals surface area (Å²) in [7, 11) is -1.50. The summed E-state index contributed by atoms with van der Waals surface area (Å²) in [5.41, 5.74) is 7.08. The molecule has 0 unspecified atom stereocenters. The molecule has 31 heavy (non-hydrogen) atoms. The molecule has 2 aliphatic rings. The highest BCUT2D eigenvalue weighted by molar-refractivity contribution is 6.58. The number of rotatable bonds is 3. The largest absolute Gasteiger partial charge is 0.488 e. The van der Waals surface area contributed by atoms with Crippen LogP contribution in [-0.2, 0) is 17.6 Å². The molecule has 1 aromatic heterocycles. The Labute approximate surface area is 180 Å². The standard InChI is InChI=1S/C16H18N2O.C7H8BNO3/c1-10-8-12-9-11-4-2-6-18-7-3-5-13(15(11)18)14(12)17-16(10)19;10-5-9-7-3-1-2-6(4-7)8(11)12/h8-9H,2-7H2,1H3,(H,17,19);1-5,11-12H,(H,9,10). The maximum Gasteiger partial charge on any atom is 0.488 e. The molecule has 2 aliphatic heterocycles. The SMILES string of the molecule is Cc1cc2cc3c4c(c2[nH]c1=O)CCCN4CCC3.O=CNc1cccc(B(O)O)c1. The molecule has 7 nitrogen and oxygen atoms in total. The Hall–Kier alpha value is -3.10. The van der Waals surface area contributed by atoms with Crippen LogP contribution in [0.3, 0.4) is 0 Å². The van der Waals surface area contributed by atoms with Gasteiger partial charge in [0.05, 0.1) is 5.52 Å². The maximum atomic E-state index is 11.9. The van der Waals surface area contributed by atoms with Crippen molar-refractivity contribution < 1.29 is 14.8 Å². The number of hydrogen-bond acceptors (Lipinski definition) is 5. The van der Waals surface area contributed by atoms with E-state index in [2.05, 4.69) is 21.3 Å². The zero-order valence-electron chi connectivity index (χ0n) is 17.5. The summed E-state index contributed by atoms with van der Waals surface area (Å²) in [6.45, 7) is 4.22. The summed E-state index contributed by atoms with van der Waals surface area (Å²) >= 11 is 0. The Morgan fingerprint density at radius 2 is 1.90 bits per heavy atom. The van der Waals surface area contributed by atoms with Gasteiger partial charge in [0.2, 0.25) is 6.41 Å². The van der Waals surface area contributed by atoms with Gasteiger partial charge in [-0.25, -0.2) is 0 Å². The number of hydrogen-bond donors (Lipinski definition) is 4. The number of benzene rings is 2. The van der Waals surface area contributed by atoms with E-state index in [0.717, 1.165) is 17.5 Å². The van der Waals surface area contributed by atoms with E-state index >= 15 is 0 Å². The number of aromatic nitrogens is 1. The number of pyridine rings is 1. The molecule has 3 heterocycles. The molecule has 3 aromatic rings. The number of H-pyrrole nitrogens is 1. The van der Waals surface area contributed by atoms with E-state index in [1.807, 2.05) is 13.0 Å². The lowest BCUT2D eigenvalue weighted by Gasteiger charge is -2.37. The van der Waals surface area contributed by atoms with Crippen molar-refractivity contribution in [3.05, 3.63) is 63.4 Å². The van der Waals surface area contributed by atoms with Crippen LogP contribution in [0, 0.1) is 6.92 Å². The third-order valence-electron chi connectivity index (χ3n) is 5.93. The second-order valence-electron chi connectivity index (χ2n) is 8.06. The van der Waals surface area contributed by atoms with E-state index in [1.54, 1.807) is 18.2 Å². The number of aromatic amines is 1. The third-order valence-corrected chi connectivity index (χ3v) is 5.93. The monoisotopic (exact) mass is 419 g/mol. The smallest absolute Gasteiger partial charge is 0.423 e. The maximum absolute atomic E-state index is 11.9. The summed E-state index contributed by atoms with van der Waals surface area (Å²) in [4.78, 5) is 27.5. The first-order valence-electron chi connectivity index (χ1n) is 10.6. The van der Waals surface area contributed by atoms with Gasteiger partial charge in [-0.3, -0.25) is 9.59 Å². The van der Waals surface area contributed by atoms with E-state index in [9.17, 15) is 9.59 Å². The Morgan fingerprint density at radius 1 is 1.13 bits per heavy atom. The molecule has 0 bridgehead atoms. The summed E-state index contributed by atoms with van der Waals surface area (Å²) in [6, 6.07) is 10.6. The normalized spacial score (nSPS) is 14.4. The fourth-order valence-corrected chi connectivity index (χ4v) is 4.51. The summed E-state index contributed by atoms with van der Waals surface area (Å²) in [5, 5.41) is 21.1. The van der Waals surface area contributed by atoms with Crippen molar-refractivity contribution in [2.45, 2.75) is 32.6 Å². The van der Waals surface area contributed by atoms with Crippen molar-refractivity contribution in [2.75, 3.05) is 23.3 Å². The lowest BCUT2D eigenvalue weighted by atomic mass is 9.80. The van der Waals surface area contributed by atoms with Gasteiger partial charge in [0, 0.05) is 30.0 Å². The second-order valence-corrected chi connectivity index (χ2v) is 8.06. The minimum Gasteiger partial charge on any atom is -0.423 e. The molecule has 0 saturated carbocycles. The summed E-state index contributed by atoms with van der Waals surface area (Å²) in [6.07, 6.45) is 5.24. The zero-order chi connectivity index (χ0) is 22.0. The summed E-state index contributed by atoms with van der Waals surface area (Å²) in [5.74, 6) is 0. The number of nitrogens with one attached hydrogen (secondary N) is 2. The van der Waals surface area contributed by atoms with E-state index < -0.39 is 7.12 Å². The molecule has 0 radical (unpaired) electrons. The molecular weight excluding hydrogens is 393 g/mol. The highest BCUT2D eigenvalue weighted by atomic mass is 16.4. The topological polar surface area (TPSA) is 106 Å². The number of carbonyl (C=O) groups is 1. The van der Waals surface area contributed by atoms with Gasteiger partial charge in [-0.05, 0) is 78.8 Å². The first kappa shape index (κ1) is 21.1. The average Bonchev–Trinajstić information content (AvgIpc) is 2.76. The number of amides is 1. The van der Waals surface area contributed by atoms with Gasteiger partial charge in [-0.2, -0.15) is 0 Å². The minimum absolute atomic E-state index is 0.0524. The Bertz CT molecular complexity index is 1170. The lowest BCUT2D eigenvalue weighted by molar-refractivity contribution is -0.105. The third kappa shape index (κ3) is 4.35. The predicted molar refractivity (Wildman–Crippen MR) is 124 cm³/mol. The quantitative estimate of drug-likeness (QED) is 0.380. The highest BCUT2D eigenvalue weighted by Crippen LogP contribution is 2.38. The number of fused-ring (bicyclic) bond motifs is 2. The molecule has 4 N–H and O–H groups in total. The van der Waals surface area contributed by atoms with Crippen LogP contribution >= 0.6 is 0 Å². The van der Waals surface area contributed by atoms with Crippen LogP contribution in [-0.4, -0.2) is 41.7 Å². The van der Waals surface area contributed by atoms with Crippen molar-refractivity contribution in [3.8, 4) is 0 Å². The van der Waals surface area contributed by atoms with Gasteiger partial charge in [0.1, 0.15) is 0 Å². The van der Waals surface area contributed by atoms with Gasteiger partial charge in [-0.15, -0.1) is 0 Å². The van der Waals surface area contributed by atoms with Crippen molar-refractivity contribution >= 4 is 41.3 Å². The van der Waals surface area contributed by atoms with Crippen LogP contribution in [0.2, 0.25) is 0 Å². The number of aryl methyl sites for hydroxylation is 3. The molecule has 0 saturated heterocycles. The molecule has 5 rings (SSSR count). The van der Waals surface area contributed by atoms with E-state index in [1.165, 1.54) is 60.6 Å². The van der Waals surface area contributed by atoms with Crippen LogP contribution in [0.5, 0.6) is 0 Å². The summed E-state index contributed by atoms with van der Waals surface area (Å²) < 4.78 is 0. The van der Waals surface area contributed by atoms with Gasteiger partial charge in [0.15, 0.2) is 0 Å². The number of nitrogens with zero attached hydrogens (tertiary/aromatic N) is 1. The molecule has 160 valence electrons. The van der Waals surface area contributed by atoms with Gasteiger partial charge >= 0.3 is 7.12 Å². The van der Waals surface area contributed by atoms with Gasteiger partial charge in [0.25, 0.3) is 5.56 Å². The average molecular weight is 419 g/mol. The number of anilines is 2. The minimum atomic E-state index is -1.50. The zero-order valence-corrected chi connectivity index (χ0v) is 17.5. The van der Waals surface area contributed by atoms with Crippen LogP contribution in [0.4, 0.5) is 11.4 Å². The highest BCUT2D eigenvalue weighted by Gasteiger charge is 2.25. The van der Waals surface area contributed by atoms with Crippen molar-refractivity contribution in [2.24, 2.45) is 0 Å². The molecule has 0 atom stereocenters. The van der Waals surface area contributed by atoms with Crippen molar-refractivity contribution in [3.63, 3.8) is 0 Å². The fraction of sp³-hybridized carbons (Fsp3) is 0.304. The molecule has 0 fully saturated rings. The Balaban J connectivity index is 0.000000168. The van der Waals surface area contributed by atoms with Crippen LogP contribution in [0.15, 0.2) is 41.2 Å². The second kappa shape index (κ2) is 8.95. The van der Waals surface area contributed by atoms with Crippen molar-refractivity contribution in [1.82, 2.24) is 4.98 Å².